The van der Waals surface area contributed by atoms with Gasteiger partial charge >= 0.3 is 0 Å². The topological polar surface area (TPSA) is 66.2 Å². The second-order valence-electron chi connectivity index (χ2n) is 13.6. The van der Waals surface area contributed by atoms with Crippen LogP contribution < -0.4 is 10.4 Å². The van der Waals surface area contributed by atoms with E-state index in [1.807, 2.05) is 24.7 Å². The summed E-state index contributed by atoms with van der Waals surface area (Å²) < 4.78 is 0. The predicted octanol–water partition coefficient (Wildman–Crippen LogP) is 8.93. The average molecular weight is 612 g/mol. The lowest BCUT2D eigenvalue weighted by Crippen LogP contribution is -2.29. The largest absolute Gasteiger partial charge is 0.309 e. The number of benzene rings is 1. The minimum atomic E-state index is -0.207. The van der Waals surface area contributed by atoms with E-state index in [0.29, 0.717) is 36.3 Å². The number of ketones is 1. The van der Waals surface area contributed by atoms with E-state index in [1.165, 1.54) is 41.2 Å². The Bertz CT molecular complexity index is 1530. The number of carbonyl (C=O) groups is 1. The summed E-state index contributed by atoms with van der Waals surface area (Å²) in [6.07, 6.45) is 22.4. The Labute approximate surface area is 269 Å². The molecule has 1 N–H and O–H groups in total. The molecule has 2 aliphatic carbocycles. The van der Waals surface area contributed by atoms with Crippen molar-refractivity contribution in [3.63, 3.8) is 0 Å². The van der Waals surface area contributed by atoms with Gasteiger partial charge in [0.2, 0.25) is 0 Å². The summed E-state index contributed by atoms with van der Waals surface area (Å²) in [6, 6.07) is 8.39. The highest BCUT2D eigenvalue weighted by molar-refractivity contribution is 6.30. The maximum atomic E-state index is 13.4. The molecule has 0 bridgehead atoms. The lowest BCUT2D eigenvalue weighted by Gasteiger charge is -2.19. The standard InChI is InChI=1S/C39H50ClN3O/c1-4-28(10-5-8-26(2)20-37-35-25-42-19-17-34(35)27(3)9-7-18-43-37)11-6-12-38(44)39(31-15-16-31)36(41)23-29-21-32(30-13-14-30)24-33(40)22-29/h17-22,24-25,28,30-31,39,41H,4-16,23H2,1-3H3. The molecule has 2 heterocycles. The molecular formula is C39H50ClN3O. The van der Waals surface area contributed by atoms with Crippen molar-refractivity contribution in [2.24, 2.45) is 22.7 Å². The number of allylic oxidation sites excluding steroid dienone is 1. The first-order valence-corrected chi connectivity index (χ1v) is 17.4. The van der Waals surface area contributed by atoms with E-state index >= 15 is 0 Å². The van der Waals surface area contributed by atoms with Gasteiger partial charge in [0.05, 0.1) is 11.6 Å². The van der Waals surface area contributed by atoms with Crippen LogP contribution in [0.5, 0.6) is 0 Å². The van der Waals surface area contributed by atoms with Gasteiger partial charge in [0.1, 0.15) is 5.78 Å². The summed E-state index contributed by atoms with van der Waals surface area (Å²) >= 11 is 6.42. The van der Waals surface area contributed by atoms with Crippen molar-refractivity contribution in [1.82, 2.24) is 4.98 Å². The maximum Gasteiger partial charge on any atom is 0.141 e. The van der Waals surface area contributed by atoms with E-state index in [-0.39, 0.29) is 11.7 Å². The molecule has 5 heteroatoms. The number of hydrogen-bond donors (Lipinski definition) is 1. The van der Waals surface area contributed by atoms with Crippen molar-refractivity contribution in [2.75, 3.05) is 0 Å². The highest BCUT2D eigenvalue weighted by Gasteiger charge is 2.38. The molecule has 0 saturated heterocycles. The fraction of sp³-hybridized carbons (Fsp3) is 0.538. The molecule has 1 aromatic carbocycles. The Balaban J connectivity index is 1.11. The summed E-state index contributed by atoms with van der Waals surface area (Å²) in [6.45, 7) is 6.71. The van der Waals surface area contributed by atoms with Crippen LogP contribution in [0.25, 0.3) is 11.3 Å². The predicted molar refractivity (Wildman–Crippen MR) is 185 cm³/mol. The number of hydrogen-bond acceptors (Lipinski definition) is 4. The van der Waals surface area contributed by atoms with Crippen LogP contribution in [0.15, 0.2) is 53.3 Å². The number of carbonyl (C=O) groups excluding carboxylic acids is 1. The van der Waals surface area contributed by atoms with Crippen molar-refractivity contribution in [3.8, 4) is 0 Å². The van der Waals surface area contributed by atoms with Gasteiger partial charge in [0, 0.05) is 47.4 Å². The molecule has 234 valence electrons. The number of nitrogens with one attached hydrogen (secondary N) is 1. The zero-order valence-electron chi connectivity index (χ0n) is 27.0. The molecule has 44 heavy (non-hydrogen) atoms. The summed E-state index contributed by atoms with van der Waals surface area (Å²) in [5, 5.41) is 12.1. The number of pyridine rings is 1. The Morgan fingerprint density at radius 2 is 1.86 bits per heavy atom. The van der Waals surface area contributed by atoms with Crippen LogP contribution in [0, 0.1) is 23.2 Å². The third kappa shape index (κ3) is 9.10. The van der Waals surface area contributed by atoms with Crippen molar-refractivity contribution >= 4 is 40.6 Å². The van der Waals surface area contributed by atoms with Crippen LogP contribution in [0.1, 0.15) is 121 Å². The Morgan fingerprint density at radius 3 is 2.59 bits per heavy atom. The molecule has 3 aliphatic rings. The fourth-order valence-electron chi connectivity index (χ4n) is 6.91. The molecule has 0 spiro atoms. The third-order valence-corrected chi connectivity index (χ3v) is 10.1. The molecular weight excluding hydrogens is 562 g/mol. The van der Waals surface area contributed by atoms with Crippen LogP contribution in [-0.2, 0) is 11.2 Å². The van der Waals surface area contributed by atoms with Crippen LogP contribution in [0.2, 0.25) is 5.02 Å². The molecule has 4 nitrogen and oxygen atoms in total. The number of nitrogens with zero attached hydrogens (tertiary/aromatic N) is 2. The van der Waals surface area contributed by atoms with Gasteiger partial charge in [-0.3, -0.25) is 14.8 Å². The average Bonchev–Trinajstić information content (AvgIpc) is 3.92. The Morgan fingerprint density at radius 1 is 1.09 bits per heavy atom. The smallest absolute Gasteiger partial charge is 0.141 e. The molecule has 2 aromatic rings. The first-order chi connectivity index (χ1) is 21.3. The minimum Gasteiger partial charge on any atom is -0.309 e. The number of rotatable bonds is 16. The summed E-state index contributed by atoms with van der Waals surface area (Å²) in [7, 11) is 0. The number of aliphatic imine (C=N–C) groups is 1. The molecule has 1 aromatic heterocycles. The van der Waals surface area contributed by atoms with Crippen molar-refractivity contribution in [3.05, 3.63) is 74.9 Å². The molecule has 2 unspecified atom stereocenters. The highest BCUT2D eigenvalue weighted by atomic mass is 35.5. The number of aromatic nitrogens is 1. The van der Waals surface area contributed by atoms with Crippen LogP contribution in [0.3, 0.4) is 0 Å². The highest BCUT2D eigenvalue weighted by Crippen LogP contribution is 2.42. The van der Waals surface area contributed by atoms with E-state index in [0.717, 1.165) is 79.3 Å². The molecule has 2 fully saturated rings. The number of Topliss-reactive ketones (excluding diaryl/α,β-unsaturated/α-hetero) is 1. The minimum absolute atomic E-state index is 0.207. The summed E-state index contributed by atoms with van der Waals surface area (Å²) in [5.74, 6) is 1.72. The van der Waals surface area contributed by atoms with Crippen molar-refractivity contribution in [2.45, 2.75) is 117 Å². The van der Waals surface area contributed by atoms with Crippen LogP contribution in [0.4, 0.5) is 0 Å². The van der Waals surface area contributed by atoms with Crippen molar-refractivity contribution in [1.29, 1.82) is 5.41 Å². The van der Waals surface area contributed by atoms with Crippen LogP contribution >= 0.6 is 11.6 Å². The van der Waals surface area contributed by atoms with Gasteiger partial charge in [-0.05, 0) is 130 Å². The monoisotopic (exact) mass is 611 g/mol. The van der Waals surface area contributed by atoms with E-state index in [2.05, 4.69) is 50.0 Å². The summed E-state index contributed by atoms with van der Waals surface area (Å²) in [4.78, 5) is 22.6. The SMILES string of the molecule is CCC(CCCC(=O)C(C(=N)Cc1cc(Cl)cc(C2CC2)c1)C1CC1)CCCC(C)=CC1=c2cnccc2=C(C)CCC=N1. The molecule has 2 atom stereocenters. The second kappa shape index (κ2) is 15.4. The Hall–Kier alpha value is -2.85. The lowest BCUT2D eigenvalue weighted by molar-refractivity contribution is -0.121. The van der Waals surface area contributed by atoms with E-state index in [1.54, 1.807) is 0 Å². The molecule has 0 amide bonds. The number of halogens is 1. The first-order valence-electron chi connectivity index (χ1n) is 17.1. The Kier molecular flexibility index (Phi) is 11.4. The zero-order valence-corrected chi connectivity index (χ0v) is 27.8. The van der Waals surface area contributed by atoms with Gasteiger partial charge in [-0.1, -0.05) is 55.0 Å². The number of fused-ring (bicyclic) bond motifs is 1. The molecule has 5 rings (SSSR count). The van der Waals surface area contributed by atoms with Crippen molar-refractivity contribution < 1.29 is 4.79 Å². The zero-order chi connectivity index (χ0) is 31.1. The first kappa shape index (κ1) is 32.5. The normalized spacial score (nSPS) is 18.4. The van der Waals surface area contributed by atoms with Gasteiger partial charge in [-0.2, -0.15) is 0 Å². The maximum absolute atomic E-state index is 13.4. The fourth-order valence-corrected chi connectivity index (χ4v) is 7.18. The van der Waals surface area contributed by atoms with Crippen LogP contribution in [-0.4, -0.2) is 22.7 Å². The third-order valence-electron chi connectivity index (χ3n) is 9.85. The van der Waals surface area contributed by atoms with Gasteiger partial charge in [0.15, 0.2) is 0 Å². The quantitative estimate of drug-likeness (QED) is 0.193. The van der Waals surface area contributed by atoms with Gasteiger partial charge in [0.25, 0.3) is 0 Å². The lowest BCUT2D eigenvalue weighted by atomic mass is 9.85. The van der Waals surface area contributed by atoms with E-state index in [4.69, 9.17) is 22.0 Å². The molecule has 2 saturated carbocycles. The van der Waals surface area contributed by atoms with E-state index < -0.39 is 0 Å². The van der Waals surface area contributed by atoms with E-state index in [9.17, 15) is 4.79 Å². The summed E-state index contributed by atoms with van der Waals surface area (Å²) in [5.41, 5.74) is 6.75. The molecule has 0 radical (unpaired) electrons. The second-order valence-corrected chi connectivity index (χ2v) is 14.1. The van der Waals surface area contributed by atoms with Gasteiger partial charge in [-0.15, -0.1) is 0 Å². The molecule has 1 aliphatic heterocycles. The van der Waals surface area contributed by atoms with Gasteiger partial charge < -0.3 is 5.41 Å². The van der Waals surface area contributed by atoms with Gasteiger partial charge in [-0.25, -0.2) is 0 Å².